The summed E-state index contributed by atoms with van der Waals surface area (Å²) in [5.74, 6) is 0.796. The first-order valence-electron chi connectivity index (χ1n) is 8.29. The quantitative estimate of drug-likeness (QED) is 0.831. The molecule has 0 aliphatic heterocycles. The standard InChI is InChI=1S/C19H24N2O2/c1-13(14-6-4-3-5-7-14)20-12-16-10-15-11-17(23-2)8-9-18(15)21-19(16)22/h6,8-11,13,20H,3-5,7,12H2,1-2H3,(H,21,22). The Bertz CT molecular complexity index is 777. The van der Waals surface area contributed by atoms with E-state index in [1.165, 1.54) is 31.3 Å². The van der Waals surface area contributed by atoms with Gasteiger partial charge in [-0.05, 0) is 56.9 Å². The molecule has 3 rings (SSSR count). The lowest BCUT2D eigenvalue weighted by Gasteiger charge is -2.20. The van der Waals surface area contributed by atoms with E-state index in [9.17, 15) is 4.79 Å². The van der Waals surface area contributed by atoms with E-state index < -0.39 is 0 Å². The molecule has 0 amide bonds. The molecule has 1 unspecified atom stereocenters. The van der Waals surface area contributed by atoms with Gasteiger partial charge in [-0.2, -0.15) is 0 Å². The maximum atomic E-state index is 12.2. The molecule has 1 aromatic carbocycles. The van der Waals surface area contributed by atoms with Gasteiger partial charge in [-0.15, -0.1) is 0 Å². The summed E-state index contributed by atoms with van der Waals surface area (Å²) in [5.41, 5.74) is 3.03. The van der Waals surface area contributed by atoms with E-state index in [1.807, 2.05) is 24.3 Å². The topological polar surface area (TPSA) is 54.1 Å². The molecule has 1 aliphatic carbocycles. The van der Waals surface area contributed by atoms with E-state index in [4.69, 9.17) is 4.74 Å². The van der Waals surface area contributed by atoms with Crippen LogP contribution in [0.15, 0.2) is 40.7 Å². The number of fused-ring (bicyclic) bond motifs is 1. The number of H-pyrrole nitrogens is 1. The fourth-order valence-corrected chi connectivity index (χ4v) is 3.14. The second-order valence-electron chi connectivity index (χ2n) is 6.20. The monoisotopic (exact) mass is 312 g/mol. The van der Waals surface area contributed by atoms with Gasteiger partial charge < -0.3 is 15.0 Å². The van der Waals surface area contributed by atoms with Gasteiger partial charge >= 0.3 is 0 Å². The Hall–Kier alpha value is -2.07. The highest BCUT2D eigenvalue weighted by Crippen LogP contribution is 2.21. The van der Waals surface area contributed by atoms with Gasteiger partial charge in [0.25, 0.3) is 5.56 Å². The Balaban J connectivity index is 1.77. The third-order valence-corrected chi connectivity index (χ3v) is 4.61. The zero-order valence-corrected chi connectivity index (χ0v) is 13.8. The van der Waals surface area contributed by atoms with Crippen molar-refractivity contribution in [3.8, 4) is 5.75 Å². The number of ether oxygens (including phenoxy) is 1. The first-order valence-corrected chi connectivity index (χ1v) is 8.29. The van der Waals surface area contributed by atoms with Gasteiger partial charge in [-0.1, -0.05) is 11.6 Å². The van der Waals surface area contributed by atoms with Crippen molar-refractivity contribution in [3.63, 3.8) is 0 Å². The summed E-state index contributed by atoms with van der Waals surface area (Å²) in [4.78, 5) is 15.2. The molecule has 0 fully saturated rings. The van der Waals surface area contributed by atoms with Gasteiger partial charge in [-0.3, -0.25) is 4.79 Å². The smallest absolute Gasteiger partial charge is 0.252 e. The Labute approximate surface area is 136 Å². The third kappa shape index (κ3) is 3.64. The molecule has 122 valence electrons. The number of aromatic nitrogens is 1. The summed E-state index contributed by atoms with van der Waals surface area (Å²) in [6, 6.07) is 7.94. The second-order valence-corrected chi connectivity index (χ2v) is 6.20. The number of benzene rings is 1. The minimum Gasteiger partial charge on any atom is -0.497 e. The van der Waals surface area contributed by atoms with Crippen molar-refractivity contribution in [2.24, 2.45) is 0 Å². The molecule has 2 aromatic rings. The normalized spacial score (nSPS) is 16.2. The van der Waals surface area contributed by atoms with E-state index >= 15 is 0 Å². The Morgan fingerprint density at radius 2 is 2.17 bits per heavy atom. The molecule has 23 heavy (non-hydrogen) atoms. The minimum atomic E-state index is -0.0278. The van der Waals surface area contributed by atoms with Crippen LogP contribution in [0.4, 0.5) is 0 Å². The molecular formula is C19H24N2O2. The van der Waals surface area contributed by atoms with E-state index in [0.29, 0.717) is 12.6 Å². The first kappa shape index (κ1) is 15.8. The second kappa shape index (κ2) is 7.01. The van der Waals surface area contributed by atoms with Crippen molar-refractivity contribution in [1.82, 2.24) is 10.3 Å². The van der Waals surface area contributed by atoms with Crippen LogP contribution >= 0.6 is 0 Å². The zero-order chi connectivity index (χ0) is 16.2. The summed E-state index contributed by atoms with van der Waals surface area (Å²) in [6.45, 7) is 2.75. The lowest BCUT2D eigenvalue weighted by Crippen LogP contribution is -2.30. The molecular weight excluding hydrogens is 288 g/mol. The molecule has 4 nitrogen and oxygen atoms in total. The SMILES string of the molecule is COc1ccc2[nH]c(=O)c(CNC(C)C3=CCCCC3)cc2c1. The van der Waals surface area contributed by atoms with Crippen molar-refractivity contribution in [3.05, 3.63) is 51.8 Å². The number of rotatable bonds is 5. The molecule has 1 aliphatic rings. The van der Waals surface area contributed by atoms with Crippen molar-refractivity contribution < 1.29 is 4.74 Å². The van der Waals surface area contributed by atoms with Crippen LogP contribution in [0.1, 0.15) is 38.2 Å². The van der Waals surface area contributed by atoms with E-state index in [-0.39, 0.29) is 5.56 Å². The highest BCUT2D eigenvalue weighted by Gasteiger charge is 2.12. The molecule has 1 heterocycles. The first-order chi connectivity index (χ1) is 11.2. The highest BCUT2D eigenvalue weighted by molar-refractivity contribution is 5.80. The van der Waals surface area contributed by atoms with Crippen LogP contribution in [0.2, 0.25) is 0 Å². The van der Waals surface area contributed by atoms with Crippen LogP contribution in [0.5, 0.6) is 5.75 Å². The number of hydrogen-bond acceptors (Lipinski definition) is 3. The molecule has 4 heteroatoms. The van der Waals surface area contributed by atoms with Crippen molar-refractivity contribution >= 4 is 10.9 Å². The Kier molecular flexibility index (Phi) is 4.82. The number of hydrogen-bond donors (Lipinski definition) is 2. The lowest BCUT2D eigenvalue weighted by molar-refractivity contribution is 0.415. The fraction of sp³-hybridized carbons (Fsp3) is 0.421. The maximum Gasteiger partial charge on any atom is 0.252 e. The molecule has 0 saturated heterocycles. The highest BCUT2D eigenvalue weighted by atomic mass is 16.5. The van der Waals surface area contributed by atoms with Gasteiger partial charge in [0, 0.05) is 29.1 Å². The number of methoxy groups -OCH3 is 1. The number of nitrogens with one attached hydrogen (secondary N) is 2. The summed E-state index contributed by atoms with van der Waals surface area (Å²) < 4.78 is 5.25. The average Bonchev–Trinajstić information content (AvgIpc) is 2.60. The maximum absolute atomic E-state index is 12.2. The molecule has 1 atom stereocenters. The van der Waals surface area contributed by atoms with Crippen LogP contribution in [0.3, 0.4) is 0 Å². The van der Waals surface area contributed by atoms with Crippen LogP contribution in [-0.4, -0.2) is 18.1 Å². The molecule has 1 aromatic heterocycles. The summed E-state index contributed by atoms with van der Waals surface area (Å²) >= 11 is 0. The van der Waals surface area contributed by atoms with E-state index in [2.05, 4.69) is 23.3 Å². The summed E-state index contributed by atoms with van der Waals surface area (Å²) in [6.07, 6.45) is 7.25. The van der Waals surface area contributed by atoms with Gasteiger partial charge in [0.1, 0.15) is 5.75 Å². The van der Waals surface area contributed by atoms with Gasteiger partial charge in [0.05, 0.1) is 7.11 Å². The zero-order valence-electron chi connectivity index (χ0n) is 13.8. The van der Waals surface area contributed by atoms with Crippen LogP contribution in [-0.2, 0) is 6.54 Å². The molecule has 0 saturated carbocycles. The predicted octanol–water partition coefficient (Wildman–Crippen LogP) is 3.52. The van der Waals surface area contributed by atoms with E-state index in [0.717, 1.165) is 22.2 Å². The van der Waals surface area contributed by atoms with Crippen LogP contribution in [0, 0.1) is 0 Å². The Morgan fingerprint density at radius 3 is 2.91 bits per heavy atom. The van der Waals surface area contributed by atoms with Gasteiger partial charge in [-0.25, -0.2) is 0 Å². The van der Waals surface area contributed by atoms with Gasteiger partial charge in [0.2, 0.25) is 0 Å². The van der Waals surface area contributed by atoms with Crippen molar-refractivity contribution in [2.45, 2.75) is 45.2 Å². The number of pyridine rings is 1. The van der Waals surface area contributed by atoms with Crippen LogP contribution < -0.4 is 15.6 Å². The molecule has 0 spiro atoms. The predicted molar refractivity (Wildman–Crippen MR) is 94.0 cm³/mol. The van der Waals surface area contributed by atoms with Crippen LogP contribution in [0.25, 0.3) is 10.9 Å². The number of allylic oxidation sites excluding steroid dienone is 1. The summed E-state index contributed by atoms with van der Waals surface area (Å²) in [5, 5.41) is 4.47. The van der Waals surface area contributed by atoms with Gasteiger partial charge in [0.15, 0.2) is 0 Å². The third-order valence-electron chi connectivity index (χ3n) is 4.61. The Morgan fingerprint density at radius 1 is 1.30 bits per heavy atom. The minimum absolute atomic E-state index is 0.0278. The van der Waals surface area contributed by atoms with E-state index in [1.54, 1.807) is 7.11 Å². The lowest BCUT2D eigenvalue weighted by atomic mass is 9.94. The molecule has 2 N–H and O–H groups in total. The molecule has 0 bridgehead atoms. The van der Waals surface area contributed by atoms with Crippen molar-refractivity contribution in [1.29, 1.82) is 0 Å². The van der Waals surface area contributed by atoms with Crippen molar-refractivity contribution in [2.75, 3.05) is 7.11 Å². The molecule has 0 radical (unpaired) electrons. The largest absolute Gasteiger partial charge is 0.497 e. The summed E-state index contributed by atoms with van der Waals surface area (Å²) in [7, 11) is 1.65. The fourth-order valence-electron chi connectivity index (χ4n) is 3.14. The average molecular weight is 312 g/mol. The number of aromatic amines is 1.